The topological polar surface area (TPSA) is 23.5 Å². The van der Waals surface area contributed by atoms with E-state index in [2.05, 4.69) is 11.8 Å². The Hall–Kier alpha value is -0.0800. The lowest BCUT2D eigenvalue weighted by Gasteiger charge is -2.58. The summed E-state index contributed by atoms with van der Waals surface area (Å²) in [4.78, 5) is 2.57. The molecule has 1 saturated heterocycles. The molecule has 0 aromatic rings. The standard InChI is InChI=1S/C19H33NO/c1-2-3-14-4-5-20(12-14)13-18(21)19-9-15-6-16(10-19)8-17(7-15)11-19/h14-18,21H,2-13H2,1H3. The quantitative estimate of drug-likeness (QED) is 0.835. The van der Waals surface area contributed by atoms with Gasteiger partial charge in [-0.1, -0.05) is 13.3 Å². The molecule has 5 rings (SSSR count). The highest BCUT2D eigenvalue weighted by molar-refractivity contribution is 5.05. The smallest absolute Gasteiger partial charge is 0.0723 e. The Morgan fingerprint density at radius 3 is 2.29 bits per heavy atom. The Morgan fingerprint density at radius 1 is 1.10 bits per heavy atom. The van der Waals surface area contributed by atoms with Gasteiger partial charge in [-0.15, -0.1) is 0 Å². The number of aliphatic hydroxyl groups excluding tert-OH is 1. The fourth-order valence-corrected chi connectivity index (χ4v) is 6.75. The molecule has 2 atom stereocenters. The van der Waals surface area contributed by atoms with Gasteiger partial charge in [-0.05, 0) is 87.0 Å². The largest absolute Gasteiger partial charge is 0.391 e. The van der Waals surface area contributed by atoms with Crippen molar-refractivity contribution in [3.63, 3.8) is 0 Å². The summed E-state index contributed by atoms with van der Waals surface area (Å²) in [6.07, 6.45) is 12.5. The molecule has 21 heavy (non-hydrogen) atoms. The van der Waals surface area contributed by atoms with Crippen LogP contribution in [0.1, 0.15) is 64.7 Å². The third-order valence-electron chi connectivity index (χ3n) is 7.29. The van der Waals surface area contributed by atoms with Gasteiger partial charge in [-0.25, -0.2) is 0 Å². The van der Waals surface area contributed by atoms with Crippen LogP contribution in [0.15, 0.2) is 0 Å². The lowest BCUT2D eigenvalue weighted by atomic mass is 9.48. The summed E-state index contributed by atoms with van der Waals surface area (Å²) in [7, 11) is 0. The van der Waals surface area contributed by atoms with Crippen molar-refractivity contribution in [2.45, 2.75) is 70.8 Å². The third kappa shape index (κ3) is 2.67. The molecule has 1 heterocycles. The van der Waals surface area contributed by atoms with Crippen LogP contribution in [0, 0.1) is 29.1 Å². The van der Waals surface area contributed by atoms with Crippen LogP contribution in [-0.2, 0) is 0 Å². The average molecular weight is 291 g/mol. The van der Waals surface area contributed by atoms with Crippen molar-refractivity contribution in [3.05, 3.63) is 0 Å². The van der Waals surface area contributed by atoms with Gasteiger partial charge in [0, 0.05) is 13.1 Å². The summed E-state index contributed by atoms with van der Waals surface area (Å²) in [5, 5.41) is 11.0. The zero-order valence-electron chi connectivity index (χ0n) is 13.8. The minimum atomic E-state index is -0.0497. The summed E-state index contributed by atoms with van der Waals surface area (Å²) in [5.74, 6) is 3.77. The molecular weight excluding hydrogens is 258 g/mol. The molecule has 0 radical (unpaired) electrons. The van der Waals surface area contributed by atoms with Crippen LogP contribution in [0.5, 0.6) is 0 Å². The fraction of sp³-hybridized carbons (Fsp3) is 1.00. The number of β-amino-alcohol motifs (C(OH)–C–C–N with tert-alkyl or cyclic N) is 1. The van der Waals surface area contributed by atoms with Crippen molar-refractivity contribution in [1.82, 2.24) is 4.90 Å². The molecule has 2 heteroatoms. The van der Waals surface area contributed by atoms with Crippen LogP contribution in [0.2, 0.25) is 0 Å². The first-order valence-electron chi connectivity index (χ1n) is 9.57. The third-order valence-corrected chi connectivity index (χ3v) is 7.29. The van der Waals surface area contributed by atoms with E-state index in [1.807, 2.05) is 0 Å². The molecule has 0 aromatic heterocycles. The molecule has 4 bridgehead atoms. The van der Waals surface area contributed by atoms with E-state index >= 15 is 0 Å². The number of nitrogens with zero attached hydrogens (tertiary/aromatic N) is 1. The van der Waals surface area contributed by atoms with Gasteiger partial charge in [0.05, 0.1) is 6.10 Å². The highest BCUT2D eigenvalue weighted by Crippen LogP contribution is 2.61. The number of hydrogen-bond acceptors (Lipinski definition) is 2. The van der Waals surface area contributed by atoms with E-state index in [1.54, 1.807) is 0 Å². The van der Waals surface area contributed by atoms with E-state index in [9.17, 15) is 5.11 Å². The Kier molecular flexibility index (Phi) is 3.82. The molecule has 5 aliphatic rings. The SMILES string of the molecule is CCCC1CCN(CC(O)C23CC4CC(CC(C4)C2)C3)C1. The van der Waals surface area contributed by atoms with Gasteiger partial charge in [-0.2, -0.15) is 0 Å². The van der Waals surface area contributed by atoms with Crippen molar-refractivity contribution < 1.29 is 5.11 Å². The van der Waals surface area contributed by atoms with E-state index in [0.717, 1.165) is 30.2 Å². The van der Waals surface area contributed by atoms with Crippen LogP contribution < -0.4 is 0 Å². The first-order chi connectivity index (χ1) is 10.2. The summed E-state index contributed by atoms with van der Waals surface area (Å²) >= 11 is 0. The highest BCUT2D eigenvalue weighted by Gasteiger charge is 2.54. The van der Waals surface area contributed by atoms with Crippen molar-refractivity contribution in [3.8, 4) is 0 Å². The molecular formula is C19H33NO. The van der Waals surface area contributed by atoms with Gasteiger partial charge in [0.1, 0.15) is 0 Å². The van der Waals surface area contributed by atoms with E-state index < -0.39 is 0 Å². The van der Waals surface area contributed by atoms with Gasteiger partial charge >= 0.3 is 0 Å². The predicted molar refractivity (Wildman–Crippen MR) is 86.1 cm³/mol. The second-order valence-corrected chi connectivity index (χ2v) is 9.00. The van der Waals surface area contributed by atoms with E-state index in [0.29, 0.717) is 5.41 Å². The minimum Gasteiger partial charge on any atom is -0.391 e. The Bertz CT molecular complexity index is 344. The maximum atomic E-state index is 11.0. The second-order valence-electron chi connectivity index (χ2n) is 9.00. The molecule has 5 fully saturated rings. The summed E-state index contributed by atoms with van der Waals surface area (Å²) < 4.78 is 0. The molecule has 0 spiro atoms. The minimum absolute atomic E-state index is 0.0497. The van der Waals surface area contributed by atoms with Crippen molar-refractivity contribution in [2.75, 3.05) is 19.6 Å². The van der Waals surface area contributed by atoms with E-state index in [-0.39, 0.29) is 6.10 Å². The highest BCUT2D eigenvalue weighted by atomic mass is 16.3. The molecule has 4 saturated carbocycles. The maximum Gasteiger partial charge on any atom is 0.0723 e. The molecule has 0 amide bonds. The van der Waals surface area contributed by atoms with Gasteiger partial charge in [0.2, 0.25) is 0 Å². The Balaban J connectivity index is 1.38. The monoisotopic (exact) mass is 291 g/mol. The molecule has 1 N–H and O–H groups in total. The molecule has 120 valence electrons. The fourth-order valence-electron chi connectivity index (χ4n) is 6.75. The second kappa shape index (κ2) is 5.53. The van der Waals surface area contributed by atoms with Crippen molar-refractivity contribution in [1.29, 1.82) is 0 Å². The van der Waals surface area contributed by atoms with Gasteiger partial charge in [0.25, 0.3) is 0 Å². The van der Waals surface area contributed by atoms with Crippen molar-refractivity contribution >= 4 is 0 Å². The average Bonchev–Trinajstić information content (AvgIpc) is 2.85. The van der Waals surface area contributed by atoms with Gasteiger partial charge in [-0.3, -0.25) is 0 Å². The van der Waals surface area contributed by atoms with Gasteiger partial charge in [0.15, 0.2) is 0 Å². The maximum absolute atomic E-state index is 11.0. The first kappa shape index (κ1) is 14.5. The molecule has 1 aliphatic heterocycles. The molecule has 2 nitrogen and oxygen atoms in total. The lowest BCUT2D eigenvalue weighted by Crippen LogP contribution is -2.54. The Morgan fingerprint density at radius 2 is 1.71 bits per heavy atom. The normalized spacial score (nSPS) is 47.1. The number of aliphatic hydroxyl groups is 1. The number of hydrogen-bond donors (Lipinski definition) is 1. The number of likely N-dealkylation sites (tertiary alicyclic amines) is 1. The zero-order chi connectivity index (χ0) is 14.4. The zero-order valence-corrected chi connectivity index (χ0v) is 13.8. The molecule has 0 aromatic carbocycles. The van der Waals surface area contributed by atoms with Gasteiger partial charge < -0.3 is 10.0 Å². The van der Waals surface area contributed by atoms with Crippen molar-refractivity contribution in [2.24, 2.45) is 29.1 Å². The van der Waals surface area contributed by atoms with Crippen LogP contribution in [0.3, 0.4) is 0 Å². The summed E-state index contributed by atoms with van der Waals surface area (Å²) in [6.45, 7) is 5.74. The van der Waals surface area contributed by atoms with E-state index in [1.165, 1.54) is 70.9 Å². The number of rotatable bonds is 5. The van der Waals surface area contributed by atoms with Crippen LogP contribution >= 0.6 is 0 Å². The van der Waals surface area contributed by atoms with Crippen LogP contribution in [0.25, 0.3) is 0 Å². The van der Waals surface area contributed by atoms with E-state index in [4.69, 9.17) is 0 Å². The molecule has 2 unspecified atom stereocenters. The summed E-state index contributed by atoms with van der Waals surface area (Å²) in [5.41, 5.74) is 0.317. The summed E-state index contributed by atoms with van der Waals surface area (Å²) in [6, 6.07) is 0. The predicted octanol–water partition coefficient (Wildman–Crippen LogP) is 3.69. The molecule has 4 aliphatic carbocycles. The van der Waals surface area contributed by atoms with Crippen LogP contribution in [-0.4, -0.2) is 35.7 Å². The lowest BCUT2D eigenvalue weighted by molar-refractivity contribution is -0.125. The first-order valence-corrected chi connectivity index (χ1v) is 9.57. The Labute approximate surface area is 130 Å². The van der Waals surface area contributed by atoms with Crippen LogP contribution in [0.4, 0.5) is 0 Å².